The summed E-state index contributed by atoms with van der Waals surface area (Å²) in [6.45, 7) is 3.24. The molecule has 8 heteroatoms. The molecule has 0 fully saturated rings. The molecule has 0 radical (unpaired) electrons. The first-order valence-corrected chi connectivity index (χ1v) is 8.21. The SMILES string of the molecule is CC(=O)Nc1cccc(/C=N/NS(=O)(=O)c2ccc(C)cc2)n1. The second kappa shape index (κ2) is 7.01. The van der Waals surface area contributed by atoms with Gasteiger partial charge in [-0.2, -0.15) is 13.5 Å². The average molecular weight is 332 g/mol. The summed E-state index contributed by atoms with van der Waals surface area (Å²) < 4.78 is 24.1. The number of nitrogens with zero attached hydrogens (tertiary/aromatic N) is 2. The van der Waals surface area contributed by atoms with Crippen LogP contribution in [-0.4, -0.2) is 25.5 Å². The Kier molecular flexibility index (Phi) is 5.07. The van der Waals surface area contributed by atoms with Gasteiger partial charge in [0.1, 0.15) is 5.82 Å². The second-order valence-corrected chi connectivity index (χ2v) is 6.46. The summed E-state index contributed by atoms with van der Waals surface area (Å²) in [7, 11) is -3.72. The maximum atomic E-state index is 12.0. The average Bonchev–Trinajstić information content (AvgIpc) is 2.47. The van der Waals surface area contributed by atoms with Gasteiger partial charge in [0.25, 0.3) is 10.0 Å². The fraction of sp³-hybridized carbons (Fsp3) is 0.133. The molecule has 0 spiro atoms. The third-order valence-electron chi connectivity index (χ3n) is 2.78. The standard InChI is InChI=1S/C15H16N4O3S/c1-11-6-8-14(9-7-11)23(21,22)19-16-10-13-4-3-5-15(18-13)17-12(2)20/h3-10,19H,1-2H3,(H,17,18,20)/b16-10+. The highest BCUT2D eigenvalue weighted by Crippen LogP contribution is 2.09. The predicted octanol–water partition coefficient (Wildman–Crippen LogP) is 1.66. The van der Waals surface area contributed by atoms with Crippen molar-refractivity contribution in [1.29, 1.82) is 0 Å². The van der Waals surface area contributed by atoms with Gasteiger partial charge in [0.15, 0.2) is 0 Å². The number of aromatic nitrogens is 1. The second-order valence-electron chi connectivity index (χ2n) is 4.79. The fourth-order valence-corrected chi connectivity index (χ4v) is 2.50. The highest BCUT2D eigenvalue weighted by atomic mass is 32.2. The number of benzene rings is 1. The minimum absolute atomic E-state index is 0.125. The zero-order chi connectivity index (χ0) is 16.9. The number of nitrogens with one attached hydrogen (secondary N) is 2. The Bertz CT molecular complexity index is 830. The molecule has 0 saturated carbocycles. The van der Waals surface area contributed by atoms with Gasteiger partial charge in [-0.05, 0) is 31.2 Å². The van der Waals surface area contributed by atoms with E-state index in [1.807, 2.05) is 6.92 Å². The summed E-state index contributed by atoms with van der Waals surface area (Å²) in [4.78, 5) is 17.3. The molecule has 23 heavy (non-hydrogen) atoms. The zero-order valence-electron chi connectivity index (χ0n) is 12.6. The van der Waals surface area contributed by atoms with Crippen LogP contribution in [0.4, 0.5) is 5.82 Å². The highest BCUT2D eigenvalue weighted by Gasteiger charge is 2.11. The molecule has 2 N–H and O–H groups in total. The maximum absolute atomic E-state index is 12.0. The number of rotatable bonds is 5. The summed E-state index contributed by atoms with van der Waals surface area (Å²) in [5.74, 6) is 0.120. The van der Waals surface area contributed by atoms with Crippen molar-refractivity contribution in [2.45, 2.75) is 18.7 Å². The first-order valence-electron chi connectivity index (χ1n) is 6.73. The van der Waals surface area contributed by atoms with E-state index in [0.717, 1.165) is 5.56 Å². The quantitative estimate of drug-likeness (QED) is 0.642. The lowest BCUT2D eigenvalue weighted by Gasteiger charge is -2.04. The lowest BCUT2D eigenvalue weighted by atomic mass is 10.2. The van der Waals surface area contributed by atoms with Crippen LogP contribution < -0.4 is 10.1 Å². The van der Waals surface area contributed by atoms with Crippen molar-refractivity contribution in [2.24, 2.45) is 5.10 Å². The molecule has 1 aromatic heterocycles. The van der Waals surface area contributed by atoms with E-state index < -0.39 is 10.0 Å². The number of carbonyl (C=O) groups is 1. The molecular weight excluding hydrogens is 316 g/mol. The number of anilines is 1. The number of carbonyl (C=O) groups excluding carboxylic acids is 1. The summed E-state index contributed by atoms with van der Waals surface area (Å²) in [6.07, 6.45) is 1.26. The molecule has 0 bridgehead atoms. The van der Waals surface area contributed by atoms with Gasteiger partial charge in [0, 0.05) is 6.92 Å². The molecule has 120 valence electrons. The van der Waals surface area contributed by atoms with E-state index in [1.165, 1.54) is 25.3 Å². The molecule has 2 aromatic rings. The van der Waals surface area contributed by atoms with Crippen LogP contribution >= 0.6 is 0 Å². The summed E-state index contributed by atoms with van der Waals surface area (Å²) >= 11 is 0. The lowest BCUT2D eigenvalue weighted by molar-refractivity contribution is -0.114. The largest absolute Gasteiger partial charge is 0.311 e. The summed E-state index contributed by atoms with van der Waals surface area (Å²) in [6, 6.07) is 11.3. The minimum atomic E-state index is -3.72. The van der Waals surface area contributed by atoms with Crippen LogP contribution in [0.15, 0.2) is 52.5 Å². The lowest BCUT2D eigenvalue weighted by Crippen LogP contribution is -2.18. The van der Waals surface area contributed by atoms with Gasteiger partial charge in [0.2, 0.25) is 5.91 Å². The van der Waals surface area contributed by atoms with Crippen molar-refractivity contribution in [3.05, 3.63) is 53.7 Å². The van der Waals surface area contributed by atoms with Crippen LogP contribution in [0.5, 0.6) is 0 Å². The third-order valence-corrected chi connectivity index (χ3v) is 4.01. The van der Waals surface area contributed by atoms with Crippen molar-refractivity contribution in [1.82, 2.24) is 9.82 Å². The Balaban J connectivity index is 2.09. The molecule has 2 rings (SSSR count). The number of sulfonamides is 1. The van der Waals surface area contributed by atoms with E-state index in [1.54, 1.807) is 30.3 Å². The first kappa shape index (κ1) is 16.6. The minimum Gasteiger partial charge on any atom is -0.311 e. The van der Waals surface area contributed by atoms with E-state index in [4.69, 9.17) is 0 Å². The smallest absolute Gasteiger partial charge is 0.276 e. The molecule has 0 aliphatic carbocycles. The molecule has 1 amide bonds. The molecule has 0 aliphatic rings. The van der Waals surface area contributed by atoms with Crippen LogP contribution in [0.1, 0.15) is 18.2 Å². The molecule has 7 nitrogen and oxygen atoms in total. The van der Waals surface area contributed by atoms with Crippen molar-refractivity contribution in [2.75, 3.05) is 5.32 Å². The zero-order valence-corrected chi connectivity index (χ0v) is 13.5. The monoisotopic (exact) mass is 332 g/mol. The molecular formula is C15H16N4O3S. The van der Waals surface area contributed by atoms with Crippen molar-refractivity contribution >= 4 is 28.0 Å². The molecule has 0 unspecified atom stereocenters. The van der Waals surface area contributed by atoms with Gasteiger partial charge in [0.05, 0.1) is 16.8 Å². The van der Waals surface area contributed by atoms with Gasteiger partial charge >= 0.3 is 0 Å². The summed E-state index contributed by atoms with van der Waals surface area (Å²) in [5, 5.41) is 6.23. The Hall–Kier alpha value is -2.74. The molecule has 0 saturated heterocycles. The van der Waals surface area contributed by atoms with E-state index in [-0.39, 0.29) is 10.8 Å². The van der Waals surface area contributed by atoms with Crippen LogP contribution in [-0.2, 0) is 14.8 Å². The fourth-order valence-electron chi connectivity index (χ4n) is 1.71. The number of aryl methyl sites for hydroxylation is 1. The number of amides is 1. The Morgan fingerprint density at radius 3 is 2.52 bits per heavy atom. The van der Waals surface area contributed by atoms with Crippen molar-refractivity contribution in [3.63, 3.8) is 0 Å². The van der Waals surface area contributed by atoms with E-state index in [0.29, 0.717) is 11.5 Å². The Labute approximate surface area is 134 Å². The Morgan fingerprint density at radius 1 is 1.17 bits per heavy atom. The number of hydrogen-bond acceptors (Lipinski definition) is 5. The van der Waals surface area contributed by atoms with Crippen molar-refractivity contribution in [3.8, 4) is 0 Å². The van der Waals surface area contributed by atoms with Gasteiger partial charge in [-0.25, -0.2) is 9.82 Å². The Morgan fingerprint density at radius 2 is 1.87 bits per heavy atom. The van der Waals surface area contributed by atoms with Crippen LogP contribution in [0.2, 0.25) is 0 Å². The van der Waals surface area contributed by atoms with Gasteiger partial charge in [-0.1, -0.05) is 23.8 Å². The van der Waals surface area contributed by atoms with Gasteiger partial charge < -0.3 is 5.32 Å². The van der Waals surface area contributed by atoms with E-state index in [9.17, 15) is 13.2 Å². The topological polar surface area (TPSA) is 101 Å². The predicted molar refractivity (Wildman–Crippen MR) is 87.6 cm³/mol. The summed E-state index contributed by atoms with van der Waals surface area (Å²) in [5.41, 5.74) is 1.37. The van der Waals surface area contributed by atoms with Crippen LogP contribution in [0, 0.1) is 6.92 Å². The van der Waals surface area contributed by atoms with Crippen LogP contribution in [0.3, 0.4) is 0 Å². The van der Waals surface area contributed by atoms with Gasteiger partial charge in [-0.3, -0.25) is 4.79 Å². The number of pyridine rings is 1. The van der Waals surface area contributed by atoms with Gasteiger partial charge in [-0.15, -0.1) is 0 Å². The molecule has 1 aromatic carbocycles. The number of hydrazone groups is 1. The van der Waals surface area contributed by atoms with Crippen LogP contribution in [0.25, 0.3) is 0 Å². The number of hydrogen-bond donors (Lipinski definition) is 2. The van der Waals surface area contributed by atoms with E-state index in [2.05, 4.69) is 20.2 Å². The third kappa shape index (κ3) is 4.89. The van der Waals surface area contributed by atoms with E-state index >= 15 is 0 Å². The molecule has 0 aliphatic heterocycles. The normalized spacial score (nSPS) is 11.4. The molecule has 0 atom stereocenters. The van der Waals surface area contributed by atoms with Crippen molar-refractivity contribution < 1.29 is 13.2 Å². The maximum Gasteiger partial charge on any atom is 0.276 e. The molecule has 1 heterocycles. The highest BCUT2D eigenvalue weighted by molar-refractivity contribution is 7.89. The first-order chi connectivity index (χ1) is 10.9.